The van der Waals surface area contributed by atoms with Gasteiger partial charge in [0.2, 0.25) is 0 Å². The zero-order valence-corrected chi connectivity index (χ0v) is 18.7. The fourth-order valence-electron chi connectivity index (χ4n) is 4.36. The highest BCUT2D eigenvalue weighted by Crippen LogP contribution is 2.39. The van der Waals surface area contributed by atoms with Crippen molar-refractivity contribution in [2.75, 3.05) is 39.4 Å². The van der Waals surface area contributed by atoms with E-state index in [1.165, 1.54) is 0 Å². The van der Waals surface area contributed by atoms with Gasteiger partial charge in [-0.15, -0.1) is 0 Å². The first-order chi connectivity index (χ1) is 15.5. The van der Waals surface area contributed by atoms with E-state index in [0.29, 0.717) is 12.1 Å². The van der Waals surface area contributed by atoms with Gasteiger partial charge >= 0.3 is 0 Å². The lowest BCUT2D eigenvalue weighted by molar-refractivity contribution is -0.140. The van der Waals surface area contributed by atoms with Gasteiger partial charge in [-0.05, 0) is 25.8 Å². The van der Waals surface area contributed by atoms with Crippen LogP contribution in [-0.4, -0.2) is 66.0 Å². The molecule has 0 bridgehead atoms. The molecular formula is C26H30N2O4. The number of morpholine rings is 1. The van der Waals surface area contributed by atoms with Gasteiger partial charge in [0.1, 0.15) is 5.76 Å². The molecule has 0 aliphatic carbocycles. The average Bonchev–Trinajstić information content (AvgIpc) is 3.05. The van der Waals surface area contributed by atoms with Crippen molar-refractivity contribution in [1.82, 2.24) is 9.80 Å². The molecule has 0 aromatic heterocycles. The van der Waals surface area contributed by atoms with Crippen molar-refractivity contribution in [2.24, 2.45) is 0 Å². The summed E-state index contributed by atoms with van der Waals surface area (Å²) in [5.41, 5.74) is 3.68. The number of carbonyl (C=O) groups is 2. The van der Waals surface area contributed by atoms with Crippen molar-refractivity contribution in [1.29, 1.82) is 0 Å². The summed E-state index contributed by atoms with van der Waals surface area (Å²) in [5.74, 6) is -1.30. The Morgan fingerprint density at radius 1 is 0.938 bits per heavy atom. The van der Waals surface area contributed by atoms with Gasteiger partial charge in [-0.1, -0.05) is 59.7 Å². The molecule has 2 aromatic carbocycles. The molecule has 2 heterocycles. The van der Waals surface area contributed by atoms with Crippen molar-refractivity contribution >= 4 is 17.4 Å². The number of aliphatic hydroxyl groups is 1. The van der Waals surface area contributed by atoms with E-state index in [4.69, 9.17) is 4.74 Å². The predicted octanol–water partition coefficient (Wildman–Crippen LogP) is 3.45. The van der Waals surface area contributed by atoms with Gasteiger partial charge in [0.25, 0.3) is 11.7 Å². The normalized spacial score (nSPS) is 21.3. The fourth-order valence-corrected chi connectivity index (χ4v) is 4.36. The minimum atomic E-state index is -0.625. The first-order valence-electron chi connectivity index (χ1n) is 11.2. The van der Waals surface area contributed by atoms with Crippen LogP contribution in [0.15, 0.2) is 54.1 Å². The van der Waals surface area contributed by atoms with Gasteiger partial charge in [-0.25, -0.2) is 0 Å². The first-order valence-corrected chi connectivity index (χ1v) is 11.2. The fraction of sp³-hybridized carbons (Fsp3) is 0.385. The summed E-state index contributed by atoms with van der Waals surface area (Å²) in [6.07, 6.45) is 0.750. The molecule has 1 unspecified atom stereocenters. The highest BCUT2D eigenvalue weighted by atomic mass is 16.5. The molecule has 1 atom stereocenters. The van der Waals surface area contributed by atoms with E-state index in [0.717, 1.165) is 56.0 Å². The molecular weight excluding hydrogens is 404 g/mol. The Balaban J connectivity index is 1.66. The minimum absolute atomic E-state index is 0.121. The van der Waals surface area contributed by atoms with Crippen LogP contribution in [0.3, 0.4) is 0 Å². The first kappa shape index (κ1) is 22.2. The van der Waals surface area contributed by atoms with E-state index in [2.05, 4.69) is 4.90 Å². The maximum Gasteiger partial charge on any atom is 0.295 e. The van der Waals surface area contributed by atoms with Crippen LogP contribution >= 0.6 is 0 Å². The van der Waals surface area contributed by atoms with Gasteiger partial charge in [0, 0.05) is 31.7 Å². The quantitative estimate of drug-likeness (QED) is 0.428. The monoisotopic (exact) mass is 434 g/mol. The number of hydrogen-bond donors (Lipinski definition) is 1. The van der Waals surface area contributed by atoms with Crippen LogP contribution in [0.25, 0.3) is 5.76 Å². The number of likely N-dealkylation sites (tertiary alicyclic amines) is 1. The average molecular weight is 435 g/mol. The number of Topliss-reactive ketones (excluding diaryl/α,β-unsaturated/α-hetero) is 1. The van der Waals surface area contributed by atoms with Crippen LogP contribution in [0, 0.1) is 13.8 Å². The Labute approximate surface area is 189 Å². The molecule has 2 aliphatic heterocycles. The number of amides is 1. The highest BCUT2D eigenvalue weighted by molar-refractivity contribution is 6.46. The molecule has 4 rings (SSSR count). The van der Waals surface area contributed by atoms with Crippen LogP contribution in [0.4, 0.5) is 0 Å². The number of ketones is 1. The topological polar surface area (TPSA) is 70.1 Å². The molecule has 0 spiro atoms. The van der Waals surface area contributed by atoms with Crippen molar-refractivity contribution in [3.63, 3.8) is 0 Å². The van der Waals surface area contributed by atoms with E-state index >= 15 is 0 Å². The number of benzene rings is 2. The predicted molar refractivity (Wildman–Crippen MR) is 123 cm³/mol. The van der Waals surface area contributed by atoms with Gasteiger partial charge in [0.05, 0.1) is 24.8 Å². The Morgan fingerprint density at radius 3 is 2.16 bits per heavy atom. The van der Waals surface area contributed by atoms with Crippen molar-refractivity contribution in [3.05, 3.63) is 76.4 Å². The van der Waals surface area contributed by atoms with Crippen LogP contribution in [0.1, 0.15) is 34.7 Å². The molecule has 2 aliphatic rings. The molecule has 2 aromatic rings. The zero-order chi connectivity index (χ0) is 22.7. The molecule has 0 saturated carbocycles. The summed E-state index contributed by atoms with van der Waals surface area (Å²) in [7, 11) is 0. The standard InChI is InChI=1S/C26H30N2O4/c1-18-4-8-20(9-5-18)23-22(24(29)21-10-6-19(2)7-11-21)25(30)26(31)28(23)13-3-12-27-14-16-32-17-15-27/h4-11,23,29H,3,12-17H2,1-2H3/b24-22-. The van der Waals surface area contributed by atoms with E-state index in [-0.39, 0.29) is 11.3 Å². The van der Waals surface area contributed by atoms with E-state index < -0.39 is 17.7 Å². The summed E-state index contributed by atoms with van der Waals surface area (Å²) in [4.78, 5) is 30.0. The van der Waals surface area contributed by atoms with Crippen molar-refractivity contribution < 1.29 is 19.4 Å². The Hall–Kier alpha value is -2.96. The van der Waals surface area contributed by atoms with Crippen LogP contribution in [0.2, 0.25) is 0 Å². The smallest absolute Gasteiger partial charge is 0.295 e. The summed E-state index contributed by atoms with van der Waals surface area (Å²) >= 11 is 0. The SMILES string of the molecule is Cc1ccc(/C(O)=C2/C(=O)C(=O)N(CCCN3CCOCC3)C2c2ccc(C)cc2)cc1. The van der Waals surface area contributed by atoms with Gasteiger partial charge in [0.15, 0.2) is 0 Å². The lowest BCUT2D eigenvalue weighted by atomic mass is 9.94. The third-order valence-electron chi connectivity index (χ3n) is 6.24. The molecule has 6 heteroatoms. The second-order valence-electron chi connectivity index (χ2n) is 8.58. The Bertz CT molecular complexity index is 1010. The van der Waals surface area contributed by atoms with Crippen LogP contribution in [-0.2, 0) is 14.3 Å². The summed E-state index contributed by atoms with van der Waals surface area (Å²) in [5, 5.41) is 11.1. The molecule has 2 saturated heterocycles. The van der Waals surface area contributed by atoms with Crippen molar-refractivity contribution in [2.45, 2.75) is 26.3 Å². The molecule has 0 radical (unpaired) electrons. The van der Waals surface area contributed by atoms with E-state index in [1.807, 2.05) is 50.2 Å². The van der Waals surface area contributed by atoms with E-state index in [1.54, 1.807) is 17.0 Å². The maximum absolute atomic E-state index is 13.1. The Morgan fingerprint density at radius 2 is 1.53 bits per heavy atom. The van der Waals surface area contributed by atoms with Gasteiger partial charge < -0.3 is 14.7 Å². The summed E-state index contributed by atoms with van der Waals surface area (Å²) < 4.78 is 5.40. The molecule has 1 amide bonds. The Kier molecular flexibility index (Phi) is 6.72. The maximum atomic E-state index is 13.1. The lowest BCUT2D eigenvalue weighted by Crippen LogP contribution is -2.38. The van der Waals surface area contributed by atoms with E-state index in [9.17, 15) is 14.7 Å². The van der Waals surface area contributed by atoms with Gasteiger partial charge in [-0.2, -0.15) is 0 Å². The molecule has 6 nitrogen and oxygen atoms in total. The largest absolute Gasteiger partial charge is 0.507 e. The summed E-state index contributed by atoms with van der Waals surface area (Å²) in [6, 6.07) is 14.5. The number of carbonyl (C=O) groups excluding carboxylic acids is 2. The van der Waals surface area contributed by atoms with Crippen LogP contribution < -0.4 is 0 Å². The number of aryl methyl sites for hydroxylation is 2. The third-order valence-corrected chi connectivity index (χ3v) is 6.24. The number of ether oxygens (including phenoxy) is 1. The second kappa shape index (κ2) is 9.67. The molecule has 2 fully saturated rings. The minimum Gasteiger partial charge on any atom is -0.507 e. The number of rotatable bonds is 6. The summed E-state index contributed by atoms with van der Waals surface area (Å²) in [6.45, 7) is 8.46. The second-order valence-corrected chi connectivity index (χ2v) is 8.58. The van der Waals surface area contributed by atoms with Gasteiger partial charge in [-0.3, -0.25) is 14.5 Å². The number of hydrogen-bond acceptors (Lipinski definition) is 5. The lowest BCUT2D eigenvalue weighted by Gasteiger charge is -2.29. The van der Waals surface area contributed by atoms with Crippen LogP contribution in [0.5, 0.6) is 0 Å². The highest BCUT2D eigenvalue weighted by Gasteiger charge is 2.45. The molecule has 32 heavy (non-hydrogen) atoms. The molecule has 1 N–H and O–H groups in total. The number of aliphatic hydroxyl groups excluding tert-OH is 1. The molecule has 168 valence electrons. The van der Waals surface area contributed by atoms with Crippen molar-refractivity contribution in [3.8, 4) is 0 Å². The zero-order valence-electron chi connectivity index (χ0n) is 18.7. The number of nitrogens with zero attached hydrogens (tertiary/aromatic N) is 2. The third kappa shape index (κ3) is 4.61.